The molecule has 1 aliphatic carbocycles. The minimum absolute atomic E-state index is 0.781. The zero-order valence-electron chi connectivity index (χ0n) is 10.9. The maximum Gasteiger partial charge on any atom is 0.185 e. The molecular formula is C16H18O. The largest absolute Gasteiger partial charge is 0.447 e. The fourth-order valence-corrected chi connectivity index (χ4v) is 1.56. The lowest BCUT2D eigenvalue weighted by Gasteiger charge is -1.83. The van der Waals surface area contributed by atoms with E-state index in [1.54, 1.807) is 0 Å². The smallest absolute Gasteiger partial charge is 0.185 e. The average molecular weight is 226 g/mol. The molecule has 0 saturated heterocycles. The summed E-state index contributed by atoms with van der Waals surface area (Å²) in [7, 11) is 0. The molecule has 3 rings (SSSR count). The Morgan fingerprint density at radius 2 is 1.71 bits per heavy atom. The maximum atomic E-state index is 5.57. The van der Waals surface area contributed by atoms with Crippen LogP contribution < -0.4 is 10.6 Å². The molecule has 88 valence electrons. The zero-order valence-corrected chi connectivity index (χ0v) is 10.9. The number of furan rings is 1. The van der Waals surface area contributed by atoms with Crippen molar-refractivity contribution in [3.63, 3.8) is 0 Å². The molecule has 0 fully saturated rings. The van der Waals surface area contributed by atoms with E-state index in [1.807, 2.05) is 58.0 Å². The fourth-order valence-electron chi connectivity index (χ4n) is 1.56. The van der Waals surface area contributed by atoms with Gasteiger partial charge >= 0.3 is 0 Å². The summed E-state index contributed by atoms with van der Waals surface area (Å²) in [6.07, 6.45) is 3.85. The molecule has 1 aromatic heterocycles. The van der Waals surface area contributed by atoms with Gasteiger partial charge in [0.05, 0.1) is 0 Å². The molecule has 0 N–H and O–H groups in total. The number of allylic oxidation sites excluding steroid dienone is 1. The van der Waals surface area contributed by atoms with Crippen LogP contribution in [0.3, 0.4) is 0 Å². The van der Waals surface area contributed by atoms with Gasteiger partial charge in [-0.3, -0.25) is 0 Å². The second-order valence-electron chi connectivity index (χ2n) is 2.94. The normalized spacial score (nSPS) is 10.1. The van der Waals surface area contributed by atoms with E-state index >= 15 is 0 Å². The third-order valence-electron chi connectivity index (χ3n) is 2.15. The number of rotatable bonds is 0. The molecule has 0 amide bonds. The average Bonchev–Trinajstić information content (AvgIpc) is 2.82. The summed E-state index contributed by atoms with van der Waals surface area (Å²) in [6, 6.07) is 7.99. The minimum Gasteiger partial charge on any atom is -0.447 e. The van der Waals surface area contributed by atoms with Gasteiger partial charge in [0, 0.05) is 10.6 Å². The summed E-state index contributed by atoms with van der Waals surface area (Å²) in [5.74, 6) is 0. The molecule has 1 nitrogen and oxygen atoms in total. The lowest BCUT2D eigenvalue weighted by molar-refractivity contribution is 0.576. The molecule has 0 bridgehead atoms. The van der Waals surface area contributed by atoms with Crippen molar-refractivity contribution >= 4 is 22.8 Å². The predicted octanol–water partition coefficient (Wildman–Crippen LogP) is 3.37. The van der Waals surface area contributed by atoms with Gasteiger partial charge in [0.1, 0.15) is 5.58 Å². The first-order chi connectivity index (χ1) is 8.45. The van der Waals surface area contributed by atoms with Crippen LogP contribution in [0.2, 0.25) is 0 Å². The Labute approximate surface area is 102 Å². The van der Waals surface area contributed by atoms with Crippen LogP contribution in [-0.4, -0.2) is 0 Å². The lowest BCUT2D eigenvalue weighted by Crippen LogP contribution is -2.18. The van der Waals surface area contributed by atoms with Crippen LogP contribution in [-0.2, 0) is 0 Å². The molecule has 0 saturated carbocycles. The molecule has 0 unspecified atom stereocenters. The molecular weight excluding hydrogens is 208 g/mol. The first-order valence-electron chi connectivity index (χ1n) is 6.15. The van der Waals surface area contributed by atoms with Crippen LogP contribution in [0.4, 0.5) is 0 Å². The summed E-state index contributed by atoms with van der Waals surface area (Å²) in [6.45, 7) is 8.00. The van der Waals surface area contributed by atoms with Crippen LogP contribution in [0, 0.1) is 0 Å². The van der Waals surface area contributed by atoms with E-state index in [9.17, 15) is 0 Å². The van der Waals surface area contributed by atoms with Crippen molar-refractivity contribution in [1.82, 2.24) is 0 Å². The van der Waals surface area contributed by atoms with Gasteiger partial charge in [0.2, 0.25) is 0 Å². The molecule has 17 heavy (non-hydrogen) atoms. The van der Waals surface area contributed by atoms with Crippen molar-refractivity contribution < 1.29 is 4.42 Å². The first kappa shape index (κ1) is 13.1. The number of hydrogen-bond donors (Lipinski definition) is 0. The van der Waals surface area contributed by atoms with Gasteiger partial charge in [-0.05, 0) is 23.9 Å². The van der Waals surface area contributed by atoms with Crippen molar-refractivity contribution in [2.24, 2.45) is 0 Å². The highest BCUT2D eigenvalue weighted by molar-refractivity contribution is 5.79. The van der Waals surface area contributed by atoms with Crippen molar-refractivity contribution in [1.29, 1.82) is 0 Å². The summed E-state index contributed by atoms with van der Waals surface area (Å²) in [5, 5.41) is 2.25. The summed E-state index contributed by atoms with van der Waals surface area (Å²) in [5.41, 5.74) is 7.52. The number of hydrogen-bond acceptors (Lipinski definition) is 1. The highest BCUT2D eigenvalue weighted by Crippen LogP contribution is 2.06. The zero-order chi connectivity index (χ0) is 12.7. The van der Waals surface area contributed by atoms with Gasteiger partial charge in [-0.15, -0.1) is 0 Å². The Kier molecular flexibility index (Phi) is 5.10. The third-order valence-corrected chi connectivity index (χ3v) is 2.15. The number of fused-ring (bicyclic) bond motifs is 3. The monoisotopic (exact) mass is 226 g/mol. The van der Waals surface area contributed by atoms with Gasteiger partial charge in [0.15, 0.2) is 5.42 Å². The number of para-hydroxylation sites is 1. The molecule has 1 aromatic carbocycles. The number of benzene rings is 1. The molecule has 0 aliphatic heterocycles. The van der Waals surface area contributed by atoms with Gasteiger partial charge in [-0.25, -0.2) is 0 Å². The van der Waals surface area contributed by atoms with Crippen LogP contribution in [0.25, 0.3) is 22.8 Å². The highest BCUT2D eigenvalue weighted by Gasteiger charge is 2.00. The van der Waals surface area contributed by atoms with E-state index in [-0.39, 0.29) is 0 Å². The van der Waals surface area contributed by atoms with Crippen LogP contribution in [0.5, 0.6) is 0 Å². The van der Waals surface area contributed by atoms with Gasteiger partial charge in [0.25, 0.3) is 0 Å². The van der Waals surface area contributed by atoms with Gasteiger partial charge in [-0.2, -0.15) is 0 Å². The van der Waals surface area contributed by atoms with Crippen LogP contribution in [0.15, 0.2) is 40.5 Å². The van der Waals surface area contributed by atoms with E-state index < -0.39 is 0 Å². The standard InChI is InChI=1S/C12H6O.2C2H6/c1-3-7-11-9(5-1)10-6-2-4-8-12(10)13-11;2*1-2/h1-3,5-7H;2*1-2H3. The lowest BCUT2D eigenvalue weighted by atomic mass is 10.2. The van der Waals surface area contributed by atoms with E-state index in [0.717, 1.165) is 21.6 Å². The quantitative estimate of drug-likeness (QED) is 0.628. The van der Waals surface area contributed by atoms with E-state index in [1.165, 1.54) is 0 Å². The minimum atomic E-state index is 0.781. The van der Waals surface area contributed by atoms with E-state index in [4.69, 9.17) is 4.42 Å². The molecule has 0 atom stereocenters. The fraction of sp³-hybridized carbons (Fsp3) is 0.250. The maximum absolute atomic E-state index is 5.57. The second kappa shape index (κ2) is 6.60. The Morgan fingerprint density at radius 3 is 2.47 bits per heavy atom. The summed E-state index contributed by atoms with van der Waals surface area (Å²) < 4.78 is 5.57. The molecule has 2 aromatic rings. The SMILES string of the molecule is C1=C=c2oc3ccccc3c2=CC=1.CC.CC. The first-order valence-corrected chi connectivity index (χ1v) is 6.15. The van der Waals surface area contributed by atoms with E-state index in [2.05, 4.69) is 17.5 Å². The topological polar surface area (TPSA) is 13.1 Å². The van der Waals surface area contributed by atoms with E-state index in [0.29, 0.717) is 0 Å². The molecule has 1 heteroatoms. The highest BCUT2D eigenvalue weighted by atomic mass is 16.3. The Balaban J connectivity index is 0.000000330. The summed E-state index contributed by atoms with van der Waals surface area (Å²) in [4.78, 5) is 0. The van der Waals surface area contributed by atoms with Crippen molar-refractivity contribution in [3.05, 3.63) is 46.7 Å². The Morgan fingerprint density at radius 1 is 1.00 bits per heavy atom. The van der Waals surface area contributed by atoms with Gasteiger partial charge in [-0.1, -0.05) is 51.6 Å². The Bertz CT molecular complexity index is 661. The molecule has 0 spiro atoms. The van der Waals surface area contributed by atoms with Crippen molar-refractivity contribution in [2.75, 3.05) is 0 Å². The predicted molar refractivity (Wildman–Crippen MR) is 74.1 cm³/mol. The molecule has 1 heterocycles. The van der Waals surface area contributed by atoms with Crippen LogP contribution in [0.1, 0.15) is 27.7 Å². The third kappa shape index (κ3) is 2.60. The molecule has 1 aliphatic rings. The Hall–Kier alpha value is -1.94. The van der Waals surface area contributed by atoms with Crippen molar-refractivity contribution in [3.8, 4) is 0 Å². The van der Waals surface area contributed by atoms with Crippen molar-refractivity contribution in [2.45, 2.75) is 27.7 Å². The van der Waals surface area contributed by atoms with Crippen LogP contribution >= 0.6 is 0 Å². The summed E-state index contributed by atoms with van der Waals surface area (Å²) >= 11 is 0. The molecule has 0 radical (unpaired) electrons. The van der Waals surface area contributed by atoms with Gasteiger partial charge < -0.3 is 4.42 Å². The second-order valence-corrected chi connectivity index (χ2v) is 2.94.